The first kappa shape index (κ1) is 23.6. The quantitative estimate of drug-likeness (QED) is 0.519. The summed E-state index contributed by atoms with van der Waals surface area (Å²) in [6.07, 6.45) is 8.67. The van der Waals surface area contributed by atoms with Gasteiger partial charge in [0.05, 0.1) is 32.2 Å². The molecule has 1 aromatic rings. The molecule has 1 aromatic heterocycles. The Balaban J connectivity index is 1.58. The number of carbonyl (C=O) groups is 2. The van der Waals surface area contributed by atoms with Crippen LogP contribution in [0.2, 0.25) is 0 Å². The molecule has 0 unspecified atom stereocenters. The molecule has 2 saturated carbocycles. The summed E-state index contributed by atoms with van der Waals surface area (Å²) in [4.78, 5) is 25.0. The first-order valence-corrected chi connectivity index (χ1v) is 12.2. The fourth-order valence-corrected chi connectivity index (χ4v) is 8.52. The first-order valence-electron chi connectivity index (χ1n) is 12.2. The number of hydrogen-bond donors (Lipinski definition) is 1. The number of furan rings is 1. The van der Waals surface area contributed by atoms with E-state index in [1.54, 1.807) is 12.5 Å². The lowest BCUT2D eigenvalue weighted by molar-refractivity contribution is -0.166. The van der Waals surface area contributed by atoms with Crippen LogP contribution in [0.5, 0.6) is 0 Å². The Morgan fingerprint density at radius 3 is 2.62 bits per heavy atom. The summed E-state index contributed by atoms with van der Waals surface area (Å²) in [5.41, 5.74) is -1.97. The van der Waals surface area contributed by atoms with Gasteiger partial charge in [0.15, 0.2) is 0 Å². The van der Waals surface area contributed by atoms with Crippen LogP contribution in [0.4, 0.5) is 0 Å². The van der Waals surface area contributed by atoms with Gasteiger partial charge >= 0.3 is 11.9 Å². The summed E-state index contributed by atoms with van der Waals surface area (Å²) in [5.74, 6) is -0.986. The summed E-state index contributed by atoms with van der Waals surface area (Å²) < 4.78 is 22.9. The van der Waals surface area contributed by atoms with Crippen LogP contribution >= 0.6 is 0 Å². The van der Waals surface area contributed by atoms with Gasteiger partial charge in [0.25, 0.3) is 0 Å². The van der Waals surface area contributed by atoms with Crippen LogP contribution in [-0.2, 0) is 23.8 Å². The van der Waals surface area contributed by atoms with Crippen molar-refractivity contribution in [2.45, 2.75) is 89.1 Å². The molecule has 0 amide bonds. The highest BCUT2D eigenvalue weighted by molar-refractivity contribution is 5.83. The van der Waals surface area contributed by atoms with Gasteiger partial charge < -0.3 is 23.7 Å². The predicted octanol–water partition coefficient (Wildman–Crippen LogP) is 4.15. The summed E-state index contributed by atoms with van der Waals surface area (Å²) in [6, 6.07) is 1.99. The zero-order chi connectivity index (χ0) is 24.7. The van der Waals surface area contributed by atoms with E-state index in [0.29, 0.717) is 6.42 Å². The monoisotopic (exact) mass is 472 g/mol. The second kappa shape index (κ2) is 7.20. The van der Waals surface area contributed by atoms with Gasteiger partial charge in [-0.05, 0) is 68.9 Å². The average Bonchev–Trinajstić information content (AvgIpc) is 3.07. The molecule has 4 aliphatic rings. The third-order valence-electron chi connectivity index (χ3n) is 10.1. The number of hydrogen-bond acceptors (Lipinski definition) is 7. The molecule has 0 bridgehead atoms. The van der Waals surface area contributed by atoms with Crippen LogP contribution in [0.3, 0.4) is 0 Å². The predicted molar refractivity (Wildman–Crippen MR) is 123 cm³/mol. The third kappa shape index (κ3) is 2.83. The smallest absolute Gasteiger partial charge is 0.330 e. The molecule has 3 heterocycles. The lowest BCUT2D eigenvalue weighted by Crippen LogP contribution is -2.57. The minimum absolute atomic E-state index is 0.0366. The van der Waals surface area contributed by atoms with Crippen molar-refractivity contribution < 1.29 is 33.3 Å². The summed E-state index contributed by atoms with van der Waals surface area (Å²) in [5, 5.41) is 11.4. The van der Waals surface area contributed by atoms with E-state index in [9.17, 15) is 14.7 Å². The Bertz CT molecular complexity index is 1030. The Hall–Kier alpha value is -2.12. The molecule has 1 saturated heterocycles. The maximum absolute atomic E-state index is 12.5. The summed E-state index contributed by atoms with van der Waals surface area (Å²) >= 11 is 0. The zero-order valence-electron chi connectivity index (χ0n) is 20.9. The fraction of sp³-hybridized carbons (Fsp3) is 0.704. The van der Waals surface area contributed by atoms with Gasteiger partial charge in [-0.2, -0.15) is 0 Å². The minimum atomic E-state index is -0.893. The molecule has 34 heavy (non-hydrogen) atoms. The number of carbonyl (C=O) groups excluding carboxylic acids is 2. The van der Waals surface area contributed by atoms with Crippen LogP contribution < -0.4 is 0 Å². The van der Waals surface area contributed by atoms with E-state index in [1.165, 1.54) is 13.2 Å². The van der Waals surface area contributed by atoms with E-state index in [2.05, 4.69) is 20.8 Å². The molecule has 0 radical (unpaired) electrons. The number of aliphatic hydroxyl groups is 1. The first-order chi connectivity index (χ1) is 15.9. The normalized spacial score (nSPS) is 46.7. The van der Waals surface area contributed by atoms with Crippen molar-refractivity contribution in [2.24, 2.45) is 22.7 Å². The highest BCUT2D eigenvalue weighted by Gasteiger charge is 2.87. The maximum atomic E-state index is 12.5. The maximum Gasteiger partial charge on any atom is 0.330 e. The molecule has 186 valence electrons. The van der Waals surface area contributed by atoms with Crippen LogP contribution in [0, 0.1) is 22.7 Å². The van der Waals surface area contributed by atoms with E-state index in [1.807, 2.05) is 26.0 Å². The molecule has 3 fully saturated rings. The number of rotatable bonds is 4. The number of aliphatic hydroxyl groups excluding tert-OH is 1. The van der Waals surface area contributed by atoms with E-state index in [-0.39, 0.29) is 35.6 Å². The second-order valence-electron chi connectivity index (χ2n) is 11.9. The number of esters is 2. The molecule has 2 aliphatic carbocycles. The van der Waals surface area contributed by atoms with Crippen LogP contribution in [0.15, 0.2) is 35.2 Å². The highest BCUT2D eigenvalue weighted by Crippen LogP contribution is 2.79. The van der Waals surface area contributed by atoms with Gasteiger partial charge in [0.1, 0.15) is 16.8 Å². The molecule has 7 heteroatoms. The molecule has 8 atom stereocenters. The molecule has 5 rings (SSSR count). The number of epoxide rings is 1. The molecular formula is C27H36O7. The van der Waals surface area contributed by atoms with Gasteiger partial charge in [-0.3, -0.25) is 4.79 Å². The van der Waals surface area contributed by atoms with Crippen molar-refractivity contribution in [3.63, 3.8) is 0 Å². The van der Waals surface area contributed by atoms with Crippen molar-refractivity contribution in [2.75, 3.05) is 7.11 Å². The van der Waals surface area contributed by atoms with Crippen molar-refractivity contribution >= 4 is 11.9 Å². The number of allylic oxidation sites excluding steroid dienone is 1. The third-order valence-corrected chi connectivity index (χ3v) is 10.1. The molecule has 1 spiro atoms. The van der Waals surface area contributed by atoms with Gasteiger partial charge in [-0.1, -0.05) is 19.9 Å². The van der Waals surface area contributed by atoms with E-state index >= 15 is 0 Å². The molecule has 0 aromatic carbocycles. The van der Waals surface area contributed by atoms with Gasteiger partial charge in [-0.15, -0.1) is 0 Å². The highest BCUT2D eigenvalue weighted by atomic mass is 16.6. The van der Waals surface area contributed by atoms with E-state index in [4.69, 9.17) is 18.6 Å². The SMILES string of the molecule is COC(=O)C[C@H]1C(C)(C)OC(=O)C=C[C@]1(C)[C@H]1CC[C@@]2(C)[C@H](c3ccoc3)C[C@@H](O)[C@]23O[C@]13C. The largest absolute Gasteiger partial charge is 0.472 e. The van der Waals surface area contributed by atoms with Crippen LogP contribution in [0.25, 0.3) is 0 Å². The topological polar surface area (TPSA) is 98.5 Å². The second-order valence-corrected chi connectivity index (χ2v) is 11.9. The Morgan fingerprint density at radius 1 is 1.24 bits per heavy atom. The molecular weight excluding hydrogens is 436 g/mol. The van der Waals surface area contributed by atoms with Crippen LogP contribution in [0.1, 0.15) is 71.8 Å². The Labute approximate surface area is 200 Å². The minimum Gasteiger partial charge on any atom is -0.472 e. The van der Waals surface area contributed by atoms with E-state index < -0.39 is 34.3 Å². The average molecular weight is 473 g/mol. The molecule has 2 aliphatic heterocycles. The number of ether oxygens (including phenoxy) is 3. The van der Waals surface area contributed by atoms with Crippen molar-refractivity contribution in [3.05, 3.63) is 36.3 Å². The number of methoxy groups -OCH3 is 1. The fourth-order valence-electron chi connectivity index (χ4n) is 8.52. The van der Waals surface area contributed by atoms with Gasteiger partial charge in [-0.25, -0.2) is 4.79 Å². The van der Waals surface area contributed by atoms with Gasteiger partial charge in [0.2, 0.25) is 0 Å². The Kier molecular flexibility index (Phi) is 5.00. The van der Waals surface area contributed by atoms with Crippen molar-refractivity contribution in [1.82, 2.24) is 0 Å². The lowest BCUT2D eigenvalue weighted by atomic mass is 9.49. The molecule has 1 N–H and O–H groups in total. The van der Waals surface area contributed by atoms with Crippen LogP contribution in [-0.4, -0.2) is 47.1 Å². The summed E-state index contributed by atoms with van der Waals surface area (Å²) in [7, 11) is 1.38. The summed E-state index contributed by atoms with van der Waals surface area (Å²) in [6.45, 7) is 10.2. The van der Waals surface area contributed by atoms with Gasteiger partial charge in [0, 0.05) is 17.4 Å². The van der Waals surface area contributed by atoms with E-state index in [0.717, 1.165) is 18.4 Å². The van der Waals surface area contributed by atoms with Crippen molar-refractivity contribution in [1.29, 1.82) is 0 Å². The number of cyclic esters (lactones) is 1. The zero-order valence-corrected chi connectivity index (χ0v) is 20.9. The standard InChI is InChI=1S/C27H36O7/c1-23(2)19(14-22(30)31-6)24(3,10-8-21(29)33-23)18-7-11-25(4)17(16-9-12-32-15-16)13-20(28)27(25)26(18,5)34-27/h8-10,12,15,17-20,28H,7,11,13-14H2,1-6H3/t17-,18+,19-,20+,24+,25-,26+,27-/m0/s1. The molecule has 7 nitrogen and oxygen atoms in total. The van der Waals surface area contributed by atoms with Crippen molar-refractivity contribution in [3.8, 4) is 0 Å². The Morgan fingerprint density at radius 2 is 1.97 bits per heavy atom. The lowest BCUT2D eigenvalue weighted by Gasteiger charge is -2.52.